The number of carbonyl (C=O) groups excluding carboxylic acids is 2. The maximum atomic E-state index is 12.1. The molecular weight excluding hydrogens is 516 g/mol. The first-order valence-corrected chi connectivity index (χ1v) is 17.4. The second-order valence-electron chi connectivity index (χ2n) is 12.0. The first-order valence-electron chi connectivity index (χ1n) is 17.4. The predicted molar refractivity (Wildman–Crippen MR) is 168 cm³/mol. The summed E-state index contributed by atoms with van der Waals surface area (Å²) in [4.78, 5) is 24.1. The van der Waals surface area contributed by atoms with E-state index in [2.05, 4.69) is 26.0 Å². The fraction of sp³-hybridized carbons (Fsp3) is 0.886. The fourth-order valence-electron chi connectivity index (χ4n) is 5.21. The number of allylic oxidation sites excluding steroid dienone is 1. The topological polar surface area (TPSA) is 85.4 Å². The van der Waals surface area contributed by atoms with Crippen molar-refractivity contribution in [3.8, 4) is 0 Å². The molecule has 0 saturated carbocycles. The highest BCUT2D eigenvalue weighted by Crippen LogP contribution is 2.30. The zero-order chi connectivity index (χ0) is 29.8. The van der Waals surface area contributed by atoms with Crippen molar-refractivity contribution in [3.63, 3.8) is 0 Å². The van der Waals surface area contributed by atoms with Crippen LogP contribution in [-0.2, 0) is 23.8 Å². The molecule has 240 valence electrons. The summed E-state index contributed by atoms with van der Waals surface area (Å²) in [5.41, 5.74) is 0. The van der Waals surface area contributed by atoms with E-state index in [0.29, 0.717) is 25.0 Å². The molecule has 3 atom stereocenters. The van der Waals surface area contributed by atoms with Gasteiger partial charge in [-0.2, -0.15) is 0 Å². The van der Waals surface area contributed by atoms with Crippen molar-refractivity contribution in [1.29, 1.82) is 0 Å². The van der Waals surface area contributed by atoms with E-state index in [1.54, 1.807) is 0 Å². The number of carbonyl (C=O) groups is 2. The molecule has 0 aromatic rings. The maximum Gasteiger partial charge on any atom is 0.306 e. The molecule has 1 rings (SSSR count). The summed E-state index contributed by atoms with van der Waals surface area (Å²) in [6, 6.07) is 0. The second kappa shape index (κ2) is 27.4. The third-order valence-corrected chi connectivity index (χ3v) is 7.98. The lowest BCUT2D eigenvalue weighted by atomic mass is 10.1. The first-order chi connectivity index (χ1) is 20.1. The minimum absolute atomic E-state index is 0.0736. The van der Waals surface area contributed by atoms with Gasteiger partial charge in [-0.15, -0.1) is 0 Å². The van der Waals surface area contributed by atoms with Gasteiger partial charge in [0.1, 0.15) is 6.61 Å². The van der Waals surface area contributed by atoms with Crippen LogP contribution >= 0.6 is 0 Å². The van der Waals surface area contributed by atoms with E-state index in [0.717, 1.165) is 57.8 Å². The normalized spacial score (nSPS) is 17.1. The van der Waals surface area contributed by atoms with Gasteiger partial charge in [0.15, 0.2) is 6.10 Å². The van der Waals surface area contributed by atoms with Gasteiger partial charge in [0, 0.05) is 12.8 Å². The number of unbranched alkanes of at least 4 members (excludes halogenated alkanes) is 17. The highest BCUT2D eigenvalue weighted by Gasteiger charge is 2.36. The molecule has 1 saturated heterocycles. The van der Waals surface area contributed by atoms with E-state index < -0.39 is 6.10 Å². The molecule has 0 amide bonds. The van der Waals surface area contributed by atoms with E-state index in [9.17, 15) is 14.7 Å². The number of aliphatic hydroxyl groups is 1. The molecule has 0 radical (unpaired) electrons. The van der Waals surface area contributed by atoms with Crippen LogP contribution in [0.4, 0.5) is 0 Å². The van der Waals surface area contributed by atoms with Crippen LogP contribution in [-0.4, -0.2) is 48.6 Å². The van der Waals surface area contributed by atoms with Crippen LogP contribution in [0.15, 0.2) is 12.2 Å². The molecule has 1 aliphatic rings. The van der Waals surface area contributed by atoms with E-state index >= 15 is 0 Å². The van der Waals surface area contributed by atoms with Crippen LogP contribution < -0.4 is 0 Å². The molecule has 0 bridgehead atoms. The Kier molecular flexibility index (Phi) is 25.2. The molecule has 1 aliphatic heterocycles. The summed E-state index contributed by atoms with van der Waals surface area (Å²) in [5, 5.41) is 9.51. The summed E-state index contributed by atoms with van der Waals surface area (Å²) < 4.78 is 16.3. The minimum Gasteiger partial charge on any atom is -0.462 e. The number of ether oxygens (including phenoxy) is 3. The maximum absolute atomic E-state index is 12.1. The number of aliphatic hydroxyl groups excluding tert-OH is 1. The number of esters is 2. The van der Waals surface area contributed by atoms with E-state index in [4.69, 9.17) is 14.2 Å². The van der Waals surface area contributed by atoms with Gasteiger partial charge in [0.05, 0.1) is 18.8 Å². The van der Waals surface area contributed by atoms with Crippen LogP contribution in [0.1, 0.15) is 168 Å². The molecule has 1 heterocycles. The van der Waals surface area contributed by atoms with Gasteiger partial charge in [-0.05, 0) is 38.5 Å². The quantitative estimate of drug-likeness (QED) is 0.0394. The predicted octanol–water partition coefficient (Wildman–Crippen LogP) is 9.16. The summed E-state index contributed by atoms with van der Waals surface area (Å²) in [5.74, 6) is -0.611. The Morgan fingerprint density at radius 3 is 1.83 bits per heavy atom. The summed E-state index contributed by atoms with van der Waals surface area (Å²) >= 11 is 0. The summed E-state index contributed by atoms with van der Waals surface area (Å²) in [6.07, 6.45) is 31.4. The molecule has 2 unspecified atom stereocenters. The van der Waals surface area contributed by atoms with Gasteiger partial charge < -0.3 is 19.3 Å². The molecule has 41 heavy (non-hydrogen) atoms. The van der Waals surface area contributed by atoms with Gasteiger partial charge in [-0.3, -0.25) is 9.59 Å². The van der Waals surface area contributed by atoms with Crippen molar-refractivity contribution in [2.24, 2.45) is 0 Å². The van der Waals surface area contributed by atoms with Crippen LogP contribution in [0, 0.1) is 0 Å². The van der Waals surface area contributed by atoms with E-state index in [-0.39, 0.29) is 25.2 Å². The lowest BCUT2D eigenvalue weighted by Crippen LogP contribution is -2.28. The molecule has 0 spiro atoms. The van der Waals surface area contributed by atoms with Gasteiger partial charge in [-0.25, -0.2) is 0 Å². The van der Waals surface area contributed by atoms with Crippen molar-refractivity contribution < 1.29 is 28.9 Å². The third-order valence-electron chi connectivity index (χ3n) is 7.98. The Labute approximate surface area is 252 Å². The zero-order valence-electron chi connectivity index (χ0n) is 26.8. The van der Waals surface area contributed by atoms with E-state index in [1.165, 1.54) is 83.5 Å². The number of hydrogen-bond donors (Lipinski definition) is 1. The van der Waals surface area contributed by atoms with Gasteiger partial charge >= 0.3 is 11.9 Å². The number of hydrogen-bond acceptors (Lipinski definition) is 6. The van der Waals surface area contributed by atoms with Gasteiger partial charge in [0.2, 0.25) is 0 Å². The van der Waals surface area contributed by atoms with E-state index in [1.807, 2.05) is 0 Å². The largest absolute Gasteiger partial charge is 0.462 e. The average molecular weight is 581 g/mol. The SMILES string of the molecule is CCCCC/C=C\CC1OC1CCCCCCCC(=O)OC[C@H](CO)OC(=O)CCCCCCCCCCCCC. The lowest BCUT2D eigenvalue weighted by Gasteiger charge is -2.15. The Bertz CT molecular complexity index is 649. The molecule has 0 aliphatic carbocycles. The molecule has 6 nitrogen and oxygen atoms in total. The fourth-order valence-corrected chi connectivity index (χ4v) is 5.21. The van der Waals surface area contributed by atoms with Crippen LogP contribution in [0.5, 0.6) is 0 Å². The zero-order valence-corrected chi connectivity index (χ0v) is 26.8. The van der Waals surface area contributed by atoms with Crippen molar-refractivity contribution in [2.75, 3.05) is 13.2 Å². The summed E-state index contributed by atoms with van der Waals surface area (Å²) in [7, 11) is 0. The Hall–Kier alpha value is -1.40. The third kappa shape index (κ3) is 23.8. The highest BCUT2D eigenvalue weighted by atomic mass is 16.6. The van der Waals surface area contributed by atoms with Crippen molar-refractivity contribution in [2.45, 2.75) is 186 Å². The van der Waals surface area contributed by atoms with Crippen molar-refractivity contribution in [3.05, 3.63) is 12.2 Å². The standard InChI is InChI=1S/C35H64O6/c1-3-5-7-9-11-12-13-14-15-19-24-28-35(38)40-31(29-36)30-39-34(37)27-23-20-16-18-22-26-33-32(41-33)25-21-17-10-8-6-4-2/h17,21,31-33,36H,3-16,18-20,22-30H2,1-2H3/b21-17-/t31-,32?,33?/m0/s1. The van der Waals surface area contributed by atoms with Crippen LogP contribution in [0.2, 0.25) is 0 Å². The monoisotopic (exact) mass is 580 g/mol. The van der Waals surface area contributed by atoms with Crippen molar-refractivity contribution >= 4 is 11.9 Å². The highest BCUT2D eigenvalue weighted by molar-refractivity contribution is 5.70. The molecule has 1 N–H and O–H groups in total. The minimum atomic E-state index is -0.774. The first kappa shape index (κ1) is 37.6. The average Bonchev–Trinajstić information content (AvgIpc) is 3.73. The Morgan fingerprint density at radius 2 is 1.22 bits per heavy atom. The smallest absolute Gasteiger partial charge is 0.306 e. The molecule has 6 heteroatoms. The number of epoxide rings is 1. The molecule has 1 fully saturated rings. The molecular formula is C35H64O6. The second-order valence-corrected chi connectivity index (χ2v) is 12.0. The number of rotatable bonds is 30. The lowest BCUT2D eigenvalue weighted by molar-refractivity contribution is -0.161. The molecule has 0 aromatic carbocycles. The Balaban J connectivity index is 1.91. The summed E-state index contributed by atoms with van der Waals surface area (Å²) in [6.45, 7) is 4.07. The van der Waals surface area contributed by atoms with Crippen LogP contribution in [0.3, 0.4) is 0 Å². The van der Waals surface area contributed by atoms with Gasteiger partial charge in [-0.1, -0.05) is 129 Å². The van der Waals surface area contributed by atoms with Gasteiger partial charge in [0.25, 0.3) is 0 Å². The molecule has 0 aromatic heterocycles. The van der Waals surface area contributed by atoms with Crippen LogP contribution in [0.25, 0.3) is 0 Å². The Morgan fingerprint density at radius 1 is 0.683 bits per heavy atom. The van der Waals surface area contributed by atoms with Crippen molar-refractivity contribution in [1.82, 2.24) is 0 Å².